The van der Waals surface area contributed by atoms with Crippen LogP contribution in [0.25, 0.3) is 0 Å². The van der Waals surface area contributed by atoms with Crippen molar-refractivity contribution in [3.05, 3.63) is 58.6 Å². The van der Waals surface area contributed by atoms with Crippen molar-refractivity contribution in [2.75, 3.05) is 6.61 Å². The van der Waals surface area contributed by atoms with Crippen molar-refractivity contribution in [2.24, 2.45) is 0 Å². The van der Waals surface area contributed by atoms with Crippen LogP contribution < -0.4 is 4.74 Å². The van der Waals surface area contributed by atoms with Crippen molar-refractivity contribution in [3.8, 4) is 5.75 Å². The summed E-state index contributed by atoms with van der Waals surface area (Å²) in [6.07, 6.45) is 0.835. The predicted octanol–water partition coefficient (Wildman–Crippen LogP) is 3.91. The molecule has 3 aromatic rings. The molecule has 0 bridgehead atoms. The van der Waals surface area contributed by atoms with E-state index >= 15 is 0 Å². The smallest absolute Gasteiger partial charge is 0.236 e. The van der Waals surface area contributed by atoms with Gasteiger partial charge in [0.05, 0.1) is 23.6 Å². The Balaban J connectivity index is 1.72. The Kier molecular flexibility index (Phi) is 3.63. The van der Waals surface area contributed by atoms with Gasteiger partial charge in [-0.2, -0.15) is 4.98 Å². The molecule has 1 aliphatic heterocycles. The summed E-state index contributed by atoms with van der Waals surface area (Å²) in [5.74, 6) is 3.03. The fourth-order valence-electron chi connectivity index (χ4n) is 3.72. The van der Waals surface area contributed by atoms with Crippen molar-refractivity contribution in [3.63, 3.8) is 0 Å². The molecule has 0 N–H and O–H groups in total. The Morgan fingerprint density at radius 1 is 1.08 bits per heavy atom. The number of fused-ring (bicyclic) bond motifs is 1. The average molecular weight is 339 g/mol. The molecule has 1 unspecified atom stereocenters. The predicted molar refractivity (Wildman–Crippen MR) is 90.8 cm³/mol. The summed E-state index contributed by atoms with van der Waals surface area (Å²) in [6.45, 7) is 8.59. The summed E-state index contributed by atoms with van der Waals surface area (Å²) in [4.78, 5) is 4.74. The van der Waals surface area contributed by atoms with E-state index in [4.69, 9.17) is 18.8 Å². The van der Waals surface area contributed by atoms with Crippen molar-refractivity contribution in [2.45, 2.75) is 45.4 Å². The first-order chi connectivity index (χ1) is 12.0. The number of hydrogen-bond donors (Lipinski definition) is 0. The van der Waals surface area contributed by atoms with Gasteiger partial charge in [0.2, 0.25) is 5.89 Å². The Hall–Kier alpha value is -2.63. The first kappa shape index (κ1) is 15.9. The standard InChI is InChI=1S/C19H21N3O3/c1-11-16(12(2)24-21-11)19(3,4)18-20-17(22-25-18)14-9-10-23-15-8-6-5-7-13(14)15/h5-8,14H,9-10H2,1-4H3. The maximum absolute atomic E-state index is 5.73. The average Bonchev–Trinajstić information content (AvgIpc) is 3.22. The number of rotatable bonds is 3. The summed E-state index contributed by atoms with van der Waals surface area (Å²) in [7, 11) is 0. The van der Waals surface area contributed by atoms with Gasteiger partial charge in [-0.1, -0.05) is 28.5 Å². The third kappa shape index (κ3) is 2.52. The van der Waals surface area contributed by atoms with E-state index in [1.807, 2.05) is 32.0 Å². The molecular weight excluding hydrogens is 318 g/mol. The third-order valence-electron chi connectivity index (χ3n) is 4.90. The van der Waals surface area contributed by atoms with Crippen molar-refractivity contribution < 1.29 is 13.8 Å². The highest BCUT2D eigenvalue weighted by Crippen LogP contribution is 2.39. The second-order valence-corrected chi connectivity index (χ2v) is 7.01. The van der Waals surface area contributed by atoms with Crippen LogP contribution in [0.3, 0.4) is 0 Å². The summed E-state index contributed by atoms with van der Waals surface area (Å²) in [5, 5.41) is 8.33. The molecule has 4 rings (SSSR count). The number of para-hydroxylation sites is 1. The van der Waals surface area contributed by atoms with Gasteiger partial charge >= 0.3 is 0 Å². The molecule has 1 aliphatic rings. The second-order valence-electron chi connectivity index (χ2n) is 7.01. The van der Waals surface area contributed by atoms with E-state index in [1.54, 1.807) is 0 Å². The number of nitrogens with zero attached hydrogens (tertiary/aromatic N) is 3. The van der Waals surface area contributed by atoms with Crippen LogP contribution >= 0.6 is 0 Å². The van der Waals surface area contributed by atoms with Gasteiger partial charge < -0.3 is 13.8 Å². The Morgan fingerprint density at radius 3 is 2.64 bits per heavy atom. The lowest BCUT2D eigenvalue weighted by Crippen LogP contribution is -2.22. The van der Waals surface area contributed by atoms with Gasteiger partial charge in [-0.05, 0) is 40.2 Å². The zero-order chi connectivity index (χ0) is 17.6. The summed E-state index contributed by atoms with van der Waals surface area (Å²) in [6, 6.07) is 8.03. The SMILES string of the molecule is Cc1noc(C)c1C(C)(C)c1nc(C2CCOc3ccccc32)no1. The summed E-state index contributed by atoms with van der Waals surface area (Å²) >= 11 is 0. The van der Waals surface area contributed by atoms with Crippen molar-refractivity contribution >= 4 is 0 Å². The number of hydrogen-bond acceptors (Lipinski definition) is 6. The van der Waals surface area contributed by atoms with E-state index in [9.17, 15) is 0 Å². The van der Waals surface area contributed by atoms with Crippen molar-refractivity contribution in [1.82, 2.24) is 15.3 Å². The maximum Gasteiger partial charge on any atom is 0.236 e. The molecule has 0 saturated heterocycles. The number of ether oxygens (including phenoxy) is 1. The van der Waals surface area contributed by atoms with Gasteiger partial charge in [0.15, 0.2) is 5.82 Å². The molecule has 6 nitrogen and oxygen atoms in total. The molecule has 1 atom stereocenters. The molecule has 25 heavy (non-hydrogen) atoms. The highest BCUT2D eigenvalue weighted by molar-refractivity contribution is 5.41. The largest absolute Gasteiger partial charge is 0.493 e. The minimum atomic E-state index is -0.468. The Morgan fingerprint density at radius 2 is 1.88 bits per heavy atom. The van der Waals surface area contributed by atoms with E-state index in [1.165, 1.54) is 0 Å². The normalized spacial score (nSPS) is 17.2. The monoisotopic (exact) mass is 339 g/mol. The van der Waals surface area contributed by atoms with Crippen molar-refractivity contribution in [1.29, 1.82) is 0 Å². The summed E-state index contributed by atoms with van der Waals surface area (Å²) < 4.78 is 16.7. The molecular formula is C19H21N3O3. The van der Waals surface area contributed by atoms with Gasteiger partial charge in [0.1, 0.15) is 11.5 Å². The molecule has 0 radical (unpaired) electrons. The number of benzene rings is 1. The molecule has 2 aromatic heterocycles. The van der Waals surface area contributed by atoms with E-state index in [0.29, 0.717) is 18.3 Å². The quantitative estimate of drug-likeness (QED) is 0.720. The third-order valence-corrected chi connectivity index (χ3v) is 4.90. The molecule has 0 fully saturated rings. The van der Waals surface area contributed by atoms with Gasteiger partial charge in [-0.15, -0.1) is 0 Å². The fraction of sp³-hybridized carbons (Fsp3) is 0.421. The number of aryl methyl sites for hydroxylation is 2. The first-order valence-electron chi connectivity index (χ1n) is 8.47. The van der Waals surface area contributed by atoms with Gasteiger partial charge in [-0.25, -0.2) is 0 Å². The Labute approximate surface area is 146 Å². The van der Waals surface area contributed by atoms with E-state index in [2.05, 4.69) is 30.2 Å². The van der Waals surface area contributed by atoms with Gasteiger partial charge in [0, 0.05) is 11.1 Å². The minimum absolute atomic E-state index is 0.0860. The molecule has 0 aliphatic carbocycles. The fourth-order valence-corrected chi connectivity index (χ4v) is 3.72. The van der Waals surface area contributed by atoms with E-state index in [-0.39, 0.29) is 5.92 Å². The highest BCUT2D eigenvalue weighted by atomic mass is 16.5. The van der Waals surface area contributed by atoms with Gasteiger partial charge in [-0.3, -0.25) is 0 Å². The molecule has 0 spiro atoms. The zero-order valence-corrected chi connectivity index (χ0v) is 14.9. The zero-order valence-electron chi connectivity index (χ0n) is 14.9. The molecule has 1 aromatic carbocycles. The van der Waals surface area contributed by atoms with Crippen LogP contribution in [0, 0.1) is 13.8 Å². The molecule has 6 heteroatoms. The lowest BCUT2D eigenvalue weighted by molar-refractivity contribution is 0.271. The van der Waals surface area contributed by atoms with Crippen LogP contribution in [0.4, 0.5) is 0 Å². The van der Waals surface area contributed by atoms with E-state index in [0.717, 1.165) is 34.8 Å². The molecule has 0 saturated carbocycles. The van der Waals surface area contributed by atoms with Crippen LogP contribution in [0.5, 0.6) is 5.75 Å². The van der Waals surface area contributed by atoms with Crippen LogP contribution in [0.1, 0.15) is 60.5 Å². The first-order valence-corrected chi connectivity index (χ1v) is 8.47. The highest BCUT2D eigenvalue weighted by Gasteiger charge is 2.37. The molecule has 0 amide bonds. The van der Waals surface area contributed by atoms with E-state index < -0.39 is 5.41 Å². The lowest BCUT2D eigenvalue weighted by atomic mass is 9.83. The minimum Gasteiger partial charge on any atom is -0.493 e. The topological polar surface area (TPSA) is 74.2 Å². The maximum atomic E-state index is 5.73. The van der Waals surface area contributed by atoms with Gasteiger partial charge in [0.25, 0.3) is 0 Å². The van der Waals surface area contributed by atoms with Crippen LogP contribution in [0.2, 0.25) is 0 Å². The number of aromatic nitrogens is 3. The Bertz CT molecular complexity index is 891. The molecule has 3 heterocycles. The van der Waals surface area contributed by atoms with Crippen LogP contribution in [-0.2, 0) is 5.41 Å². The molecule has 130 valence electrons. The van der Waals surface area contributed by atoms with Crippen LogP contribution in [0.15, 0.2) is 33.3 Å². The summed E-state index contributed by atoms with van der Waals surface area (Å²) in [5.41, 5.74) is 2.48. The second kappa shape index (κ2) is 5.72. The van der Waals surface area contributed by atoms with Crippen LogP contribution in [-0.4, -0.2) is 21.9 Å². The lowest BCUT2D eigenvalue weighted by Gasteiger charge is -2.23.